The predicted molar refractivity (Wildman–Crippen MR) is 115 cm³/mol. The summed E-state index contributed by atoms with van der Waals surface area (Å²) in [5.74, 6) is 0.270. The first-order chi connectivity index (χ1) is 13.9. The first-order valence-electron chi connectivity index (χ1n) is 10.5. The van der Waals surface area contributed by atoms with E-state index in [1.807, 2.05) is 12.1 Å². The van der Waals surface area contributed by atoms with Crippen LogP contribution in [0.1, 0.15) is 70.3 Å². The maximum absolute atomic E-state index is 11.2. The second kappa shape index (κ2) is 11.8. The molecule has 5 nitrogen and oxygen atoms in total. The van der Waals surface area contributed by atoms with Crippen molar-refractivity contribution in [3.05, 3.63) is 48.0 Å². The van der Waals surface area contributed by atoms with E-state index in [0.717, 1.165) is 25.0 Å². The van der Waals surface area contributed by atoms with Crippen molar-refractivity contribution >= 4 is 10.1 Å². The second-order valence-corrected chi connectivity index (χ2v) is 8.85. The minimum absolute atomic E-state index is 0.0215. The van der Waals surface area contributed by atoms with Crippen LogP contribution in [-0.4, -0.2) is 18.1 Å². The van der Waals surface area contributed by atoms with Crippen molar-refractivity contribution in [1.82, 2.24) is 0 Å². The molecule has 0 atom stereocenters. The van der Waals surface area contributed by atoms with Crippen LogP contribution in [-0.2, 0) is 16.5 Å². The van der Waals surface area contributed by atoms with Crippen LogP contribution in [0.4, 0.5) is 0 Å². The highest BCUT2D eigenvalue weighted by molar-refractivity contribution is 7.85. The second-order valence-electron chi connectivity index (χ2n) is 7.43. The molecule has 0 aliphatic rings. The number of hydrogen-bond donors (Lipinski definition) is 2. The van der Waals surface area contributed by atoms with Crippen molar-refractivity contribution in [2.75, 3.05) is 0 Å². The minimum atomic E-state index is -4.36. The molecule has 0 aliphatic carbocycles. The van der Waals surface area contributed by atoms with Gasteiger partial charge in [0, 0.05) is 6.07 Å². The minimum Gasteiger partial charge on any atom is -0.504 e. The molecular weight excluding hydrogens is 388 g/mol. The summed E-state index contributed by atoms with van der Waals surface area (Å²) in [4.78, 5) is -0.327. The Balaban J connectivity index is 1.76. The smallest absolute Gasteiger partial charge is 0.294 e. The third-order valence-electron chi connectivity index (χ3n) is 4.95. The van der Waals surface area contributed by atoms with Crippen LogP contribution in [0, 0.1) is 0 Å². The number of hydrogen-bond acceptors (Lipinski definition) is 4. The molecule has 0 spiro atoms. The van der Waals surface area contributed by atoms with E-state index in [0.29, 0.717) is 5.75 Å². The Hall–Kier alpha value is -2.05. The lowest BCUT2D eigenvalue weighted by Crippen LogP contribution is -1.98. The molecule has 0 aliphatic heterocycles. The standard InChI is InChI=1S/C23H32O5S/c1-2-3-4-5-6-7-8-9-10-11-19-12-14-20(15-13-19)28-23-18-21(29(25,26)27)16-17-22(23)24/h12-18,24H,2-11H2,1H3,(H,25,26,27). The summed E-state index contributed by atoms with van der Waals surface area (Å²) in [5.41, 5.74) is 1.22. The number of unbranched alkanes of at least 4 members (excludes halogenated alkanes) is 8. The lowest BCUT2D eigenvalue weighted by atomic mass is 10.0. The van der Waals surface area contributed by atoms with E-state index in [9.17, 15) is 13.5 Å². The number of phenolic OH excluding ortho intramolecular Hbond substituents is 1. The molecular formula is C23H32O5S. The quantitative estimate of drug-likeness (QED) is 0.285. The van der Waals surface area contributed by atoms with Crippen LogP contribution in [0.2, 0.25) is 0 Å². The van der Waals surface area contributed by atoms with Crippen LogP contribution in [0.25, 0.3) is 0 Å². The zero-order valence-corrected chi connectivity index (χ0v) is 18.0. The van der Waals surface area contributed by atoms with Gasteiger partial charge >= 0.3 is 0 Å². The third kappa shape index (κ3) is 8.46. The first kappa shape index (κ1) is 23.2. The lowest BCUT2D eigenvalue weighted by Gasteiger charge is -2.09. The molecule has 2 rings (SSSR count). The van der Waals surface area contributed by atoms with E-state index in [4.69, 9.17) is 9.29 Å². The Morgan fingerprint density at radius 1 is 0.828 bits per heavy atom. The average Bonchev–Trinajstić information content (AvgIpc) is 2.69. The normalized spacial score (nSPS) is 11.5. The van der Waals surface area contributed by atoms with E-state index in [1.165, 1.54) is 63.0 Å². The topological polar surface area (TPSA) is 83.8 Å². The van der Waals surface area contributed by atoms with Crippen molar-refractivity contribution in [1.29, 1.82) is 0 Å². The molecule has 2 aromatic rings. The SMILES string of the molecule is CCCCCCCCCCCc1ccc(Oc2cc(S(=O)(=O)O)ccc2O)cc1. The van der Waals surface area contributed by atoms with Gasteiger partial charge in [-0.2, -0.15) is 8.42 Å². The summed E-state index contributed by atoms with van der Waals surface area (Å²) in [7, 11) is -4.36. The molecule has 0 amide bonds. The highest BCUT2D eigenvalue weighted by Gasteiger charge is 2.14. The largest absolute Gasteiger partial charge is 0.504 e. The molecule has 0 heterocycles. The van der Waals surface area contributed by atoms with Crippen LogP contribution < -0.4 is 4.74 Å². The number of rotatable bonds is 13. The predicted octanol–water partition coefficient (Wildman–Crippen LogP) is 6.50. The summed E-state index contributed by atoms with van der Waals surface area (Å²) in [5, 5.41) is 9.86. The highest BCUT2D eigenvalue weighted by Crippen LogP contribution is 2.33. The molecule has 29 heavy (non-hydrogen) atoms. The van der Waals surface area contributed by atoms with Crippen molar-refractivity contribution in [3.8, 4) is 17.2 Å². The van der Waals surface area contributed by atoms with Gasteiger partial charge in [-0.25, -0.2) is 0 Å². The summed E-state index contributed by atoms with van der Waals surface area (Å²) >= 11 is 0. The molecule has 0 radical (unpaired) electrons. The summed E-state index contributed by atoms with van der Waals surface area (Å²) in [6, 6.07) is 10.9. The van der Waals surface area contributed by atoms with Gasteiger partial charge in [-0.15, -0.1) is 0 Å². The van der Waals surface area contributed by atoms with Crippen LogP contribution in [0.5, 0.6) is 17.2 Å². The molecule has 0 saturated carbocycles. The van der Waals surface area contributed by atoms with Gasteiger partial charge in [0.1, 0.15) is 5.75 Å². The number of phenols is 1. The van der Waals surface area contributed by atoms with Crippen LogP contribution in [0.3, 0.4) is 0 Å². The van der Waals surface area contributed by atoms with Gasteiger partial charge in [0.15, 0.2) is 11.5 Å². The maximum atomic E-state index is 11.2. The van der Waals surface area contributed by atoms with Crippen LogP contribution in [0.15, 0.2) is 47.4 Å². The molecule has 160 valence electrons. The number of ether oxygens (including phenoxy) is 1. The van der Waals surface area contributed by atoms with Gasteiger partial charge in [0.05, 0.1) is 4.90 Å². The Bertz CT molecular complexity index is 844. The maximum Gasteiger partial charge on any atom is 0.294 e. The highest BCUT2D eigenvalue weighted by atomic mass is 32.2. The number of aryl methyl sites for hydroxylation is 1. The van der Waals surface area contributed by atoms with Crippen molar-refractivity contribution in [2.45, 2.75) is 76.0 Å². The Kier molecular flexibility index (Phi) is 9.48. The van der Waals surface area contributed by atoms with E-state index in [2.05, 4.69) is 6.92 Å². The summed E-state index contributed by atoms with van der Waals surface area (Å²) in [6.45, 7) is 2.24. The van der Waals surface area contributed by atoms with E-state index in [-0.39, 0.29) is 16.4 Å². The van der Waals surface area contributed by atoms with Crippen molar-refractivity contribution < 1.29 is 22.8 Å². The van der Waals surface area contributed by atoms with Crippen LogP contribution >= 0.6 is 0 Å². The summed E-state index contributed by atoms with van der Waals surface area (Å²) < 4.78 is 37.2. The number of aromatic hydroxyl groups is 1. The Morgan fingerprint density at radius 2 is 1.41 bits per heavy atom. The third-order valence-corrected chi connectivity index (χ3v) is 5.80. The average molecular weight is 421 g/mol. The zero-order chi connectivity index (χ0) is 21.1. The molecule has 0 fully saturated rings. The molecule has 2 aromatic carbocycles. The molecule has 0 saturated heterocycles. The Labute approximate surface area is 174 Å². The monoisotopic (exact) mass is 420 g/mol. The van der Waals surface area contributed by atoms with E-state index >= 15 is 0 Å². The van der Waals surface area contributed by atoms with Gasteiger partial charge in [-0.3, -0.25) is 4.55 Å². The van der Waals surface area contributed by atoms with Gasteiger partial charge < -0.3 is 9.84 Å². The van der Waals surface area contributed by atoms with E-state index in [1.54, 1.807) is 12.1 Å². The first-order valence-corrected chi connectivity index (χ1v) is 11.9. The van der Waals surface area contributed by atoms with Gasteiger partial charge in [0.25, 0.3) is 10.1 Å². The van der Waals surface area contributed by atoms with Crippen molar-refractivity contribution in [2.24, 2.45) is 0 Å². The molecule has 6 heteroatoms. The van der Waals surface area contributed by atoms with Gasteiger partial charge in [-0.05, 0) is 42.7 Å². The molecule has 2 N–H and O–H groups in total. The van der Waals surface area contributed by atoms with Gasteiger partial charge in [0.2, 0.25) is 0 Å². The lowest BCUT2D eigenvalue weighted by molar-refractivity contribution is 0.409. The van der Waals surface area contributed by atoms with Gasteiger partial charge in [-0.1, -0.05) is 70.4 Å². The molecule has 0 bridgehead atoms. The van der Waals surface area contributed by atoms with Crippen molar-refractivity contribution in [3.63, 3.8) is 0 Å². The molecule has 0 aromatic heterocycles. The Morgan fingerprint density at radius 3 is 2.00 bits per heavy atom. The number of benzene rings is 2. The zero-order valence-electron chi connectivity index (χ0n) is 17.1. The fraction of sp³-hybridized carbons (Fsp3) is 0.478. The fourth-order valence-electron chi connectivity index (χ4n) is 3.23. The molecule has 0 unspecified atom stereocenters. The fourth-order valence-corrected chi connectivity index (χ4v) is 3.72. The van der Waals surface area contributed by atoms with E-state index < -0.39 is 10.1 Å². The summed E-state index contributed by atoms with van der Waals surface area (Å²) in [6.07, 6.45) is 12.7.